The minimum absolute atomic E-state index is 0.216. The van der Waals surface area contributed by atoms with E-state index in [2.05, 4.69) is 27.9 Å². The number of alkyl carbamates (subject to hydrolysis) is 1. The Kier molecular flexibility index (Phi) is 6.95. The molecule has 1 aromatic rings. The van der Waals surface area contributed by atoms with Crippen molar-refractivity contribution in [2.75, 3.05) is 0 Å². The van der Waals surface area contributed by atoms with E-state index in [4.69, 9.17) is 4.74 Å². The summed E-state index contributed by atoms with van der Waals surface area (Å²) in [6.07, 6.45) is 4.44. The molecule has 1 amide bonds. The minimum Gasteiger partial charge on any atom is -0.443 e. The summed E-state index contributed by atoms with van der Waals surface area (Å²) in [5.41, 5.74) is 0.806. The largest absolute Gasteiger partial charge is 0.443 e. The van der Waals surface area contributed by atoms with Crippen LogP contribution in [0.2, 0.25) is 0 Å². The normalized spacial score (nSPS) is 18.5. The highest BCUT2D eigenvalue weighted by Gasteiger charge is 2.26. The maximum absolute atomic E-state index is 12.1. The second-order valence-electron chi connectivity index (χ2n) is 5.80. The number of amides is 1. The van der Waals surface area contributed by atoms with Gasteiger partial charge < -0.3 is 15.2 Å². The van der Waals surface area contributed by atoms with Gasteiger partial charge in [-0.15, -0.1) is 0 Å². The number of ether oxygens (including phenoxy) is 1. The van der Waals surface area contributed by atoms with Crippen LogP contribution < -0.4 is 5.32 Å². The molecule has 0 aromatic heterocycles. The van der Waals surface area contributed by atoms with Gasteiger partial charge in [-0.25, -0.2) is 4.79 Å². The number of rotatable bonds is 5. The summed E-state index contributed by atoms with van der Waals surface area (Å²) in [5, 5.41) is 13.4. The van der Waals surface area contributed by atoms with Gasteiger partial charge in [0.2, 0.25) is 0 Å². The van der Waals surface area contributed by atoms with Gasteiger partial charge in [-0.1, -0.05) is 44.4 Å². The molecule has 5 heteroatoms. The summed E-state index contributed by atoms with van der Waals surface area (Å²) in [4.78, 5) is 12.1. The zero-order valence-corrected chi connectivity index (χ0v) is 15.1. The Morgan fingerprint density at radius 1 is 1.36 bits per heavy atom. The van der Waals surface area contributed by atoms with Crippen molar-refractivity contribution < 1.29 is 14.6 Å². The van der Waals surface area contributed by atoms with E-state index in [0.717, 1.165) is 34.8 Å². The maximum atomic E-state index is 12.1. The average Bonchev–Trinajstić information content (AvgIpc) is 2.53. The van der Waals surface area contributed by atoms with Crippen LogP contribution in [-0.4, -0.2) is 23.3 Å². The van der Waals surface area contributed by atoms with Crippen LogP contribution in [0, 0.1) is 3.57 Å². The Hall–Kier alpha value is -0.820. The Labute approximate surface area is 145 Å². The molecule has 22 heavy (non-hydrogen) atoms. The first-order valence-corrected chi connectivity index (χ1v) is 9.09. The highest BCUT2D eigenvalue weighted by Crippen LogP contribution is 2.26. The lowest BCUT2D eigenvalue weighted by molar-refractivity contribution is -0.00215. The highest BCUT2D eigenvalue weighted by molar-refractivity contribution is 14.1. The van der Waals surface area contributed by atoms with Gasteiger partial charge in [-0.3, -0.25) is 0 Å². The van der Waals surface area contributed by atoms with Gasteiger partial charge in [-0.2, -0.15) is 0 Å². The number of carbonyl (C=O) groups excluding carboxylic acids is 1. The van der Waals surface area contributed by atoms with Crippen LogP contribution in [0.3, 0.4) is 0 Å². The SMILES string of the molecule is CC[C@H](OC(=O)NC1CCCCC1)[C@@H](O)c1ccccc1I. The average molecular weight is 417 g/mol. The third-order valence-electron chi connectivity index (χ3n) is 4.16. The van der Waals surface area contributed by atoms with E-state index in [1.165, 1.54) is 6.42 Å². The van der Waals surface area contributed by atoms with E-state index in [0.29, 0.717) is 6.42 Å². The fourth-order valence-electron chi connectivity index (χ4n) is 2.87. The van der Waals surface area contributed by atoms with Gasteiger partial charge in [0.15, 0.2) is 0 Å². The highest BCUT2D eigenvalue weighted by atomic mass is 127. The van der Waals surface area contributed by atoms with Crippen molar-refractivity contribution in [2.45, 2.75) is 63.7 Å². The third-order valence-corrected chi connectivity index (χ3v) is 5.15. The van der Waals surface area contributed by atoms with Gasteiger partial charge in [0, 0.05) is 9.61 Å². The molecule has 1 aliphatic rings. The molecule has 0 unspecified atom stereocenters. The number of carbonyl (C=O) groups is 1. The molecule has 1 fully saturated rings. The van der Waals surface area contributed by atoms with E-state index >= 15 is 0 Å². The molecular formula is C17H24INO3. The number of nitrogens with one attached hydrogen (secondary N) is 1. The smallest absolute Gasteiger partial charge is 0.407 e. The molecule has 0 radical (unpaired) electrons. The molecule has 4 nitrogen and oxygen atoms in total. The van der Waals surface area contributed by atoms with Gasteiger partial charge in [0.05, 0.1) is 0 Å². The first-order valence-electron chi connectivity index (χ1n) is 8.01. The Morgan fingerprint density at radius 3 is 2.68 bits per heavy atom. The van der Waals surface area contributed by atoms with E-state index in [-0.39, 0.29) is 6.04 Å². The number of hydrogen-bond donors (Lipinski definition) is 2. The fraction of sp³-hybridized carbons (Fsp3) is 0.588. The van der Waals surface area contributed by atoms with Crippen LogP contribution in [0.25, 0.3) is 0 Å². The first-order chi connectivity index (χ1) is 10.6. The zero-order valence-electron chi connectivity index (χ0n) is 12.9. The van der Waals surface area contributed by atoms with Gasteiger partial charge in [0.1, 0.15) is 12.2 Å². The van der Waals surface area contributed by atoms with E-state index in [1.807, 2.05) is 31.2 Å². The second kappa shape index (κ2) is 8.72. The zero-order chi connectivity index (χ0) is 15.9. The molecule has 0 aliphatic heterocycles. The number of aliphatic hydroxyl groups excluding tert-OH is 1. The summed E-state index contributed by atoms with van der Waals surface area (Å²) in [6.45, 7) is 1.91. The summed E-state index contributed by atoms with van der Waals surface area (Å²) in [5.74, 6) is 0. The topological polar surface area (TPSA) is 58.6 Å². The van der Waals surface area contributed by atoms with E-state index in [9.17, 15) is 9.90 Å². The van der Waals surface area contributed by atoms with Gasteiger partial charge in [-0.05, 0) is 53.5 Å². The Balaban J connectivity index is 1.93. The quantitative estimate of drug-likeness (QED) is 0.708. The van der Waals surface area contributed by atoms with Crippen molar-refractivity contribution in [3.05, 3.63) is 33.4 Å². The summed E-state index contributed by atoms with van der Waals surface area (Å²) in [7, 11) is 0. The standard InChI is InChI=1S/C17H24INO3/c1-2-15(16(20)13-10-6-7-11-14(13)18)22-17(21)19-12-8-4-3-5-9-12/h6-7,10-12,15-16,20H,2-5,8-9H2,1H3,(H,19,21)/t15-,16-/m0/s1. The van der Waals surface area contributed by atoms with Crippen molar-refractivity contribution in [2.24, 2.45) is 0 Å². The Bertz CT molecular complexity index is 489. The molecule has 1 aromatic carbocycles. The number of hydrogen-bond acceptors (Lipinski definition) is 3. The van der Waals surface area contributed by atoms with Gasteiger partial charge >= 0.3 is 6.09 Å². The van der Waals surface area contributed by atoms with Crippen LogP contribution in [-0.2, 0) is 4.74 Å². The van der Waals surface area contributed by atoms with Crippen molar-refractivity contribution in [3.63, 3.8) is 0 Å². The lowest BCUT2D eigenvalue weighted by Crippen LogP contribution is -2.39. The molecular weight excluding hydrogens is 393 g/mol. The van der Waals surface area contributed by atoms with Crippen molar-refractivity contribution in [1.29, 1.82) is 0 Å². The molecule has 0 heterocycles. The van der Waals surface area contributed by atoms with Crippen LogP contribution in [0.5, 0.6) is 0 Å². The third kappa shape index (κ3) is 4.84. The molecule has 0 spiro atoms. The molecule has 2 N–H and O–H groups in total. The predicted molar refractivity (Wildman–Crippen MR) is 94.7 cm³/mol. The molecule has 0 bridgehead atoms. The molecule has 1 aliphatic carbocycles. The molecule has 0 saturated heterocycles. The Morgan fingerprint density at radius 2 is 2.05 bits per heavy atom. The van der Waals surface area contributed by atoms with Gasteiger partial charge in [0.25, 0.3) is 0 Å². The molecule has 122 valence electrons. The monoisotopic (exact) mass is 417 g/mol. The summed E-state index contributed by atoms with van der Waals surface area (Å²) < 4.78 is 6.44. The van der Waals surface area contributed by atoms with Crippen molar-refractivity contribution in [1.82, 2.24) is 5.32 Å². The second-order valence-corrected chi connectivity index (χ2v) is 6.96. The summed E-state index contributed by atoms with van der Waals surface area (Å²) >= 11 is 2.19. The van der Waals surface area contributed by atoms with E-state index in [1.54, 1.807) is 0 Å². The summed E-state index contributed by atoms with van der Waals surface area (Å²) in [6, 6.07) is 7.84. The predicted octanol–water partition coefficient (Wildman–Crippen LogP) is 4.16. The lowest BCUT2D eigenvalue weighted by atomic mass is 9.96. The van der Waals surface area contributed by atoms with Crippen LogP contribution >= 0.6 is 22.6 Å². The molecule has 2 rings (SSSR count). The van der Waals surface area contributed by atoms with Crippen molar-refractivity contribution in [3.8, 4) is 0 Å². The maximum Gasteiger partial charge on any atom is 0.407 e. The van der Waals surface area contributed by atoms with Crippen LogP contribution in [0.4, 0.5) is 4.79 Å². The van der Waals surface area contributed by atoms with Crippen LogP contribution in [0.1, 0.15) is 57.1 Å². The first kappa shape index (κ1) is 17.5. The molecule has 1 saturated carbocycles. The lowest BCUT2D eigenvalue weighted by Gasteiger charge is -2.26. The van der Waals surface area contributed by atoms with E-state index < -0.39 is 18.3 Å². The number of benzene rings is 1. The van der Waals surface area contributed by atoms with Crippen molar-refractivity contribution >= 4 is 28.7 Å². The fourth-order valence-corrected chi connectivity index (χ4v) is 3.58. The van der Waals surface area contributed by atoms with Crippen LogP contribution in [0.15, 0.2) is 24.3 Å². The number of aliphatic hydroxyl groups is 1. The minimum atomic E-state index is -0.796. The molecule has 2 atom stereocenters. The number of halogens is 1.